The van der Waals surface area contributed by atoms with Gasteiger partial charge in [0, 0.05) is 12.0 Å². The third kappa shape index (κ3) is 3.69. The fourth-order valence-corrected chi connectivity index (χ4v) is 2.80. The van der Waals surface area contributed by atoms with Gasteiger partial charge < -0.3 is 16.0 Å². The Morgan fingerprint density at radius 1 is 1.16 bits per heavy atom. The number of hydrogen-bond donors (Lipinski definition) is 2. The summed E-state index contributed by atoms with van der Waals surface area (Å²) in [5, 5.41) is 2.81. The van der Waals surface area contributed by atoms with Gasteiger partial charge in [-0.15, -0.1) is 0 Å². The molecule has 2 fully saturated rings. The molecule has 3 N–H and O–H groups in total. The van der Waals surface area contributed by atoms with Crippen molar-refractivity contribution in [2.24, 2.45) is 17.6 Å². The van der Waals surface area contributed by atoms with Crippen LogP contribution in [0.2, 0.25) is 0 Å². The summed E-state index contributed by atoms with van der Waals surface area (Å²) in [5.74, 6) is -0.379. The van der Waals surface area contributed by atoms with Gasteiger partial charge in [-0.25, -0.2) is 0 Å². The van der Waals surface area contributed by atoms with Crippen molar-refractivity contribution in [3.63, 3.8) is 0 Å². The van der Waals surface area contributed by atoms with Crippen LogP contribution in [0.1, 0.15) is 39.5 Å². The van der Waals surface area contributed by atoms with Crippen molar-refractivity contribution < 1.29 is 9.59 Å². The van der Waals surface area contributed by atoms with E-state index in [4.69, 9.17) is 5.73 Å². The van der Waals surface area contributed by atoms with Crippen LogP contribution < -0.4 is 11.1 Å². The van der Waals surface area contributed by atoms with Crippen LogP contribution in [0.25, 0.3) is 0 Å². The monoisotopic (exact) mass is 267 g/mol. The second-order valence-electron chi connectivity index (χ2n) is 6.17. The van der Waals surface area contributed by atoms with Crippen molar-refractivity contribution in [1.29, 1.82) is 0 Å². The Labute approximate surface area is 114 Å². The number of piperidine rings is 1. The first-order chi connectivity index (χ1) is 8.99. The number of hydrogen-bond acceptors (Lipinski definition) is 3. The van der Waals surface area contributed by atoms with E-state index < -0.39 is 11.9 Å². The second-order valence-corrected chi connectivity index (χ2v) is 6.17. The molecule has 1 saturated carbocycles. The summed E-state index contributed by atoms with van der Waals surface area (Å²) in [6.07, 6.45) is 4.42. The Hall–Kier alpha value is -1.10. The third-order valence-electron chi connectivity index (χ3n) is 4.23. The lowest BCUT2D eigenvalue weighted by Crippen LogP contribution is -2.51. The lowest BCUT2D eigenvalue weighted by Gasteiger charge is -2.32. The zero-order valence-corrected chi connectivity index (χ0v) is 11.9. The summed E-state index contributed by atoms with van der Waals surface area (Å²) < 4.78 is 0. The van der Waals surface area contributed by atoms with E-state index in [9.17, 15) is 9.59 Å². The molecule has 2 amide bonds. The molecular formula is C14H25N3O2. The van der Waals surface area contributed by atoms with Crippen molar-refractivity contribution >= 4 is 11.8 Å². The highest BCUT2D eigenvalue weighted by Crippen LogP contribution is 2.30. The van der Waals surface area contributed by atoms with E-state index in [0.29, 0.717) is 0 Å². The van der Waals surface area contributed by atoms with Crippen LogP contribution in [0.5, 0.6) is 0 Å². The predicted molar refractivity (Wildman–Crippen MR) is 73.3 cm³/mol. The van der Waals surface area contributed by atoms with Gasteiger partial charge >= 0.3 is 0 Å². The number of primary amides is 1. The van der Waals surface area contributed by atoms with Gasteiger partial charge in [-0.3, -0.25) is 9.59 Å². The van der Waals surface area contributed by atoms with E-state index >= 15 is 0 Å². The number of rotatable bonds is 5. The van der Waals surface area contributed by atoms with Crippen LogP contribution in [0, 0.1) is 11.8 Å². The average molecular weight is 267 g/mol. The maximum atomic E-state index is 12.2. The molecule has 1 heterocycles. The molecule has 0 spiro atoms. The summed E-state index contributed by atoms with van der Waals surface area (Å²) in [6, 6.07) is 0.229. The van der Waals surface area contributed by atoms with Gasteiger partial charge in [0.15, 0.2) is 0 Å². The van der Waals surface area contributed by atoms with Gasteiger partial charge in [-0.1, -0.05) is 13.8 Å². The molecule has 1 unspecified atom stereocenters. The van der Waals surface area contributed by atoms with E-state index in [0.717, 1.165) is 32.0 Å². The number of nitrogens with one attached hydrogen (secondary N) is 1. The van der Waals surface area contributed by atoms with Gasteiger partial charge in [0.2, 0.25) is 11.8 Å². The van der Waals surface area contributed by atoms with Crippen molar-refractivity contribution in [1.82, 2.24) is 10.2 Å². The number of nitrogens with two attached hydrogens (primary N) is 1. The minimum absolute atomic E-state index is 0.00653. The fourth-order valence-electron chi connectivity index (χ4n) is 2.80. The molecule has 0 radical (unpaired) electrons. The van der Waals surface area contributed by atoms with E-state index in [1.165, 1.54) is 12.8 Å². The topological polar surface area (TPSA) is 75.4 Å². The number of nitrogens with zero attached hydrogens (tertiary/aromatic N) is 1. The van der Waals surface area contributed by atoms with Gasteiger partial charge in [0.05, 0.1) is 0 Å². The Kier molecular flexibility index (Phi) is 4.45. The Balaban J connectivity index is 1.81. The zero-order chi connectivity index (χ0) is 14.0. The molecule has 1 atom stereocenters. The number of carbonyl (C=O) groups is 2. The van der Waals surface area contributed by atoms with Gasteiger partial charge in [-0.2, -0.15) is 0 Å². The van der Waals surface area contributed by atoms with E-state index in [2.05, 4.69) is 10.2 Å². The van der Waals surface area contributed by atoms with Crippen molar-refractivity contribution in [3.8, 4) is 0 Å². The van der Waals surface area contributed by atoms with Gasteiger partial charge in [0.1, 0.15) is 6.04 Å². The maximum Gasteiger partial charge on any atom is 0.240 e. The SMILES string of the molecule is CC(C)C(NC(=O)C1CCN(C2CC2)CC1)C(N)=O. The summed E-state index contributed by atoms with van der Waals surface area (Å²) in [7, 11) is 0. The molecular weight excluding hydrogens is 242 g/mol. The molecule has 5 nitrogen and oxygen atoms in total. The molecule has 0 aromatic rings. The molecule has 1 aliphatic carbocycles. The van der Waals surface area contributed by atoms with E-state index in [1.54, 1.807) is 0 Å². The second kappa shape index (κ2) is 5.90. The van der Waals surface area contributed by atoms with Gasteiger partial charge in [-0.05, 0) is 44.7 Å². The van der Waals surface area contributed by atoms with Crippen LogP contribution in [0.15, 0.2) is 0 Å². The Morgan fingerprint density at radius 3 is 2.16 bits per heavy atom. The molecule has 0 aromatic carbocycles. The molecule has 2 rings (SSSR count). The minimum Gasteiger partial charge on any atom is -0.368 e. The normalized spacial score (nSPS) is 23.3. The van der Waals surface area contributed by atoms with Crippen LogP contribution in [0.3, 0.4) is 0 Å². The first-order valence-corrected chi connectivity index (χ1v) is 7.32. The van der Waals surface area contributed by atoms with Crippen LogP contribution >= 0.6 is 0 Å². The highest BCUT2D eigenvalue weighted by Gasteiger charge is 2.34. The third-order valence-corrected chi connectivity index (χ3v) is 4.23. The minimum atomic E-state index is -0.547. The number of carbonyl (C=O) groups excluding carboxylic acids is 2. The maximum absolute atomic E-state index is 12.2. The largest absolute Gasteiger partial charge is 0.368 e. The lowest BCUT2D eigenvalue weighted by atomic mass is 9.94. The lowest BCUT2D eigenvalue weighted by molar-refractivity contribution is -0.131. The van der Waals surface area contributed by atoms with Crippen molar-refractivity contribution in [2.45, 2.75) is 51.6 Å². The van der Waals surface area contributed by atoms with Gasteiger partial charge in [0.25, 0.3) is 0 Å². The fraction of sp³-hybridized carbons (Fsp3) is 0.857. The van der Waals surface area contributed by atoms with E-state index in [-0.39, 0.29) is 17.7 Å². The van der Waals surface area contributed by atoms with Crippen LogP contribution in [0.4, 0.5) is 0 Å². The molecule has 5 heteroatoms. The highest BCUT2D eigenvalue weighted by atomic mass is 16.2. The smallest absolute Gasteiger partial charge is 0.240 e. The summed E-state index contributed by atoms with van der Waals surface area (Å²) in [6.45, 7) is 5.80. The summed E-state index contributed by atoms with van der Waals surface area (Å²) in [5.41, 5.74) is 5.32. The quantitative estimate of drug-likeness (QED) is 0.761. The summed E-state index contributed by atoms with van der Waals surface area (Å²) in [4.78, 5) is 26.0. The first-order valence-electron chi connectivity index (χ1n) is 7.32. The molecule has 1 saturated heterocycles. The summed E-state index contributed by atoms with van der Waals surface area (Å²) >= 11 is 0. The molecule has 19 heavy (non-hydrogen) atoms. The molecule has 0 bridgehead atoms. The zero-order valence-electron chi connectivity index (χ0n) is 11.9. The number of likely N-dealkylation sites (tertiary alicyclic amines) is 1. The molecule has 108 valence electrons. The standard InChI is InChI=1S/C14H25N3O2/c1-9(2)12(13(15)18)16-14(19)10-5-7-17(8-6-10)11-3-4-11/h9-12H,3-8H2,1-2H3,(H2,15,18)(H,16,19). The number of amides is 2. The van der Waals surface area contributed by atoms with Crippen molar-refractivity contribution in [2.75, 3.05) is 13.1 Å². The molecule has 1 aliphatic heterocycles. The Bertz CT molecular complexity index is 345. The molecule has 0 aromatic heterocycles. The molecule has 2 aliphatic rings. The Morgan fingerprint density at radius 2 is 1.74 bits per heavy atom. The predicted octanol–water partition coefficient (Wildman–Crippen LogP) is 0.487. The van der Waals surface area contributed by atoms with Crippen molar-refractivity contribution in [3.05, 3.63) is 0 Å². The van der Waals surface area contributed by atoms with Crippen LogP contribution in [-0.4, -0.2) is 41.9 Å². The average Bonchev–Trinajstić information content (AvgIpc) is 3.19. The highest BCUT2D eigenvalue weighted by molar-refractivity contribution is 5.87. The first kappa shape index (κ1) is 14.3. The van der Waals surface area contributed by atoms with Crippen LogP contribution in [-0.2, 0) is 9.59 Å². The van der Waals surface area contributed by atoms with E-state index in [1.807, 2.05) is 13.8 Å².